The third-order valence-electron chi connectivity index (χ3n) is 16.6. The van der Waals surface area contributed by atoms with Crippen LogP contribution in [0.5, 0.6) is 0 Å². The van der Waals surface area contributed by atoms with Crippen LogP contribution in [0.3, 0.4) is 0 Å². The van der Waals surface area contributed by atoms with Crippen molar-refractivity contribution in [2.75, 3.05) is 51.8 Å². The summed E-state index contributed by atoms with van der Waals surface area (Å²) in [6.45, 7) is 9.64. The number of nitrogens with zero attached hydrogens (tertiary/aromatic N) is 5. The number of ether oxygens (including phenoxy) is 3. The second kappa shape index (κ2) is 28.5. The number of halogens is 3. The Hall–Kier alpha value is -6.04. The molecule has 4 heterocycles. The first-order valence-electron chi connectivity index (χ1n) is 29.5. The molecule has 3 aromatic rings. The van der Waals surface area contributed by atoms with E-state index in [0.717, 1.165) is 49.8 Å². The topological polar surface area (TPSA) is 247 Å². The van der Waals surface area contributed by atoms with E-state index in [4.69, 9.17) is 14.2 Å². The highest BCUT2D eigenvalue weighted by atomic mass is 19.4. The summed E-state index contributed by atoms with van der Waals surface area (Å²) in [5, 5.41) is 19.0. The van der Waals surface area contributed by atoms with Crippen molar-refractivity contribution in [1.29, 1.82) is 0 Å². The maximum atomic E-state index is 14.1. The van der Waals surface area contributed by atoms with Gasteiger partial charge in [-0.15, -0.1) is 0 Å². The van der Waals surface area contributed by atoms with Gasteiger partial charge in [-0.3, -0.25) is 33.8 Å². The molecule has 20 nitrogen and oxygen atoms in total. The normalized spacial score (nSPS) is 26.2. The average molecular weight is 1150 g/mol. The first kappa shape index (κ1) is 62.0. The SMILES string of the molecule is CC(=O)N[C@@H]1C[C@H](NC(C)(C)C)CC[C@@H]1N1CC[C@H](Nc2nc(COCCNC(=O)C3CCC(NC(=O)CCCOC4CCC(OCCNC(=O)C[C@H]5CC(=O)N(C)[C@@H]5c5cccnc5)CC4)CC3)nc3ccc(C(F)(F)F)cc23)C1=O. The van der Waals surface area contributed by atoms with Gasteiger partial charge in [0.2, 0.25) is 35.4 Å². The van der Waals surface area contributed by atoms with Crippen molar-refractivity contribution in [2.45, 2.75) is 197 Å². The number of carbonyl (C=O) groups excluding carboxylic acids is 6. The molecule has 8 rings (SSSR count). The fourth-order valence-electron chi connectivity index (χ4n) is 12.7. The van der Waals surface area contributed by atoms with Gasteiger partial charge in [-0.1, -0.05) is 6.07 Å². The number of amides is 6. The number of aromatic nitrogens is 3. The van der Waals surface area contributed by atoms with Crippen LogP contribution in [-0.4, -0.2) is 155 Å². The molecule has 1 aromatic carbocycles. The fraction of sp³-hybridized carbons (Fsp3) is 0.678. The fourth-order valence-corrected chi connectivity index (χ4v) is 12.7. The van der Waals surface area contributed by atoms with Crippen LogP contribution >= 0.6 is 0 Å². The van der Waals surface area contributed by atoms with Gasteiger partial charge in [0.15, 0.2) is 5.82 Å². The largest absolute Gasteiger partial charge is 0.416 e. The van der Waals surface area contributed by atoms with Crippen molar-refractivity contribution in [3.63, 3.8) is 0 Å². The van der Waals surface area contributed by atoms with Crippen LogP contribution in [0.1, 0.15) is 153 Å². The zero-order chi connectivity index (χ0) is 58.6. The summed E-state index contributed by atoms with van der Waals surface area (Å²) in [5.74, 6) is -0.666. The number of nitrogens with one attached hydrogen (secondary N) is 6. The molecule has 3 aliphatic carbocycles. The van der Waals surface area contributed by atoms with E-state index in [1.54, 1.807) is 29.2 Å². The molecule has 6 amide bonds. The molecule has 2 saturated heterocycles. The Balaban J connectivity index is 0.688. The number of alkyl halides is 3. The van der Waals surface area contributed by atoms with Crippen molar-refractivity contribution in [1.82, 2.24) is 51.3 Å². The maximum Gasteiger partial charge on any atom is 0.416 e. The molecule has 3 saturated carbocycles. The van der Waals surface area contributed by atoms with Gasteiger partial charge in [-0.2, -0.15) is 13.2 Å². The number of anilines is 1. The van der Waals surface area contributed by atoms with E-state index in [-0.39, 0.29) is 144 Å². The van der Waals surface area contributed by atoms with Gasteiger partial charge in [-0.25, -0.2) is 9.97 Å². The monoisotopic (exact) mass is 1150 g/mol. The van der Waals surface area contributed by atoms with Crippen LogP contribution in [0.15, 0.2) is 42.7 Å². The van der Waals surface area contributed by atoms with E-state index in [9.17, 15) is 41.9 Å². The lowest BCUT2D eigenvalue weighted by Gasteiger charge is -2.43. The molecule has 2 aliphatic heterocycles. The molecule has 0 unspecified atom stereocenters. The zero-order valence-corrected chi connectivity index (χ0v) is 48.1. The van der Waals surface area contributed by atoms with Gasteiger partial charge < -0.3 is 55.9 Å². The van der Waals surface area contributed by atoms with E-state index in [0.29, 0.717) is 90.5 Å². The number of hydrogen-bond acceptors (Lipinski definition) is 14. The van der Waals surface area contributed by atoms with Gasteiger partial charge in [0.1, 0.15) is 18.5 Å². The third-order valence-corrected chi connectivity index (χ3v) is 16.6. The maximum absolute atomic E-state index is 14.1. The third kappa shape index (κ3) is 17.5. The van der Waals surface area contributed by atoms with E-state index in [1.165, 1.54) is 13.0 Å². The molecular weight excluding hydrogens is 1060 g/mol. The van der Waals surface area contributed by atoms with Gasteiger partial charge >= 0.3 is 6.18 Å². The van der Waals surface area contributed by atoms with E-state index >= 15 is 0 Å². The summed E-state index contributed by atoms with van der Waals surface area (Å²) in [6, 6.07) is 5.66. The minimum atomic E-state index is -4.62. The van der Waals surface area contributed by atoms with E-state index in [2.05, 4.69) is 67.6 Å². The Kier molecular flexibility index (Phi) is 21.5. The number of rotatable bonds is 24. The number of pyridine rings is 1. The number of hydrogen-bond donors (Lipinski definition) is 6. The summed E-state index contributed by atoms with van der Waals surface area (Å²) in [4.78, 5) is 94.3. The first-order valence-corrected chi connectivity index (χ1v) is 29.5. The van der Waals surface area contributed by atoms with Gasteiger partial charge in [-0.05, 0) is 134 Å². The Morgan fingerprint density at radius 2 is 1.52 bits per heavy atom. The summed E-state index contributed by atoms with van der Waals surface area (Å²) in [7, 11) is 1.77. The molecule has 5 fully saturated rings. The lowest BCUT2D eigenvalue weighted by atomic mass is 9.84. The molecule has 23 heteroatoms. The minimum Gasteiger partial charge on any atom is -0.378 e. The van der Waals surface area contributed by atoms with Crippen molar-refractivity contribution in [3.05, 3.63) is 59.7 Å². The molecule has 0 radical (unpaired) electrons. The minimum absolute atomic E-state index is 0.00946. The van der Waals surface area contributed by atoms with Crippen LogP contribution in [0.4, 0.5) is 19.0 Å². The molecule has 6 N–H and O–H groups in total. The highest BCUT2D eigenvalue weighted by Gasteiger charge is 2.44. The molecule has 6 atom stereocenters. The van der Waals surface area contributed by atoms with Crippen molar-refractivity contribution >= 4 is 52.2 Å². The predicted molar refractivity (Wildman–Crippen MR) is 299 cm³/mol. The summed E-state index contributed by atoms with van der Waals surface area (Å²) in [6.07, 6.45) is 9.11. The Morgan fingerprint density at radius 3 is 2.22 bits per heavy atom. The van der Waals surface area contributed by atoms with Crippen LogP contribution in [0.2, 0.25) is 0 Å². The Labute approximate surface area is 478 Å². The molecule has 0 spiro atoms. The number of carbonyl (C=O) groups is 6. The van der Waals surface area contributed by atoms with Gasteiger partial charge in [0, 0.05) is 107 Å². The van der Waals surface area contributed by atoms with Crippen molar-refractivity contribution in [3.8, 4) is 0 Å². The quantitative estimate of drug-likeness (QED) is 0.0561. The summed E-state index contributed by atoms with van der Waals surface area (Å²) < 4.78 is 59.8. The number of fused-ring (bicyclic) bond motifs is 1. The van der Waals surface area contributed by atoms with Crippen LogP contribution in [0, 0.1) is 11.8 Å². The van der Waals surface area contributed by atoms with Crippen LogP contribution in [-0.2, 0) is 55.8 Å². The lowest BCUT2D eigenvalue weighted by Crippen LogP contribution is -2.59. The van der Waals surface area contributed by atoms with Crippen LogP contribution in [0.25, 0.3) is 10.9 Å². The summed E-state index contributed by atoms with van der Waals surface area (Å²) >= 11 is 0. The highest BCUT2D eigenvalue weighted by Crippen LogP contribution is 2.39. The smallest absolute Gasteiger partial charge is 0.378 e. The predicted octanol–water partition coefficient (Wildman–Crippen LogP) is 6.03. The molecular formula is C59H84F3N11O9. The van der Waals surface area contributed by atoms with Crippen molar-refractivity contribution < 1.29 is 56.1 Å². The molecule has 5 aliphatic rings. The van der Waals surface area contributed by atoms with Gasteiger partial charge in [0.25, 0.3) is 0 Å². The molecule has 2 aromatic heterocycles. The van der Waals surface area contributed by atoms with Gasteiger partial charge in [0.05, 0.1) is 54.6 Å². The Morgan fingerprint density at radius 1 is 0.805 bits per heavy atom. The summed E-state index contributed by atoms with van der Waals surface area (Å²) in [5.41, 5.74) is 0.165. The lowest BCUT2D eigenvalue weighted by molar-refractivity contribution is -0.137. The Bertz CT molecular complexity index is 2660. The molecule has 82 heavy (non-hydrogen) atoms. The standard InChI is InChI=1S/C59H84F3N11O9/c1-36(74)66-48-33-42(71-58(2,3)4)15-21-49(48)73-26-22-47(57(73)79)69-55-45-32-40(59(60,61)62)12-20-46(45)68-50(70-55)35-80-28-24-65-56(78)37-10-13-41(14-11-37)67-51(75)9-7-27-81-43-16-18-44(19-17-43)82-29-25-64-52(76)30-39-31-53(77)72(5)54(39)38-8-6-23-63-34-38/h6,8,12,20,23,32,34,37,39,41-44,47-49,54,71H,7,9-11,13-19,21-22,24-31,33,35H2,1-5H3,(H,64,76)(H,65,78)(H,66,74)(H,67,75)(H,68,69,70)/t37?,39-,41?,42+,43?,44?,47-,48+,49-,54+/m0/s1. The highest BCUT2D eigenvalue weighted by molar-refractivity contribution is 5.93. The second-order valence-corrected chi connectivity index (χ2v) is 24.0. The number of benzene rings is 1. The molecule has 450 valence electrons. The second-order valence-electron chi connectivity index (χ2n) is 24.0. The van der Waals surface area contributed by atoms with Crippen LogP contribution < -0.4 is 31.9 Å². The molecule has 0 bridgehead atoms. The first-order chi connectivity index (χ1) is 39.2. The average Bonchev–Trinajstić information content (AvgIpc) is 4.11. The zero-order valence-electron chi connectivity index (χ0n) is 48.1. The van der Waals surface area contributed by atoms with Crippen molar-refractivity contribution in [2.24, 2.45) is 11.8 Å². The van der Waals surface area contributed by atoms with E-state index in [1.807, 2.05) is 12.1 Å². The number of likely N-dealkylation sites (tertiary alicyclic amines) is 2. The van der Waals surface area contributed by atoms with E-state index < -0.39 is 17.8 Å².